The number of nitrogens with one attached hydrogen (secondary N) is 1. The van der Waals surface area contributed by atoms with Gasteiger partial charge < -0.3 is 11.1 Å². The summed E-state index contributed by atoms with van der Waals surface area (Å²) in [5, 5.41) is 6.59. The number of sulfone groups is 1. The third kappa shape index (κ3) is 5.02. The van der Waals surface area contributed by atoms with Crippen molar-refractivity contribution in [2.75, 3.05) is 0 Å². The Balaban J connectivity index is 1.67. The van der Waals surface area contributed by atoms with Crippen LogP contribution in [0.5, 0.6) is 0 Å². The number of benzene rings is 1. The highest BCUT2D eigenvalue weighted by atomic mass is 35.5. The molecule has 0 spiro atoms. The minimum absolute atomic E-state index is 0.0801. The van der Waals surface area contributed by atoms with Crippen molar-refractivity contribution in [3.63, 3.8) is 0 Å². The predicted molar refractivity (Wildman–Crippen MR) is 118 cm³/mol. The first-order valence-electron chi connectivity index (χ1n) is 10.3. The zero-order chi connectivity index (χ0) is 26.4. The molecule has 3 aromatic rings. The van der Waals surface area contributed by atoms with Crippen LogP contribution < -0.4 is 11.1 Å². The van der Waals surface area contributed by atoms with Gasteiger partial charge in [-0.1, -0.05) is 11.6 Å². The Morgan fingerprint density at radius 2 is 1.89 bits per heavy atom. The highest BCUT2D eigenvalue weighted by molar-refractivity contribution is 7.92. The van der Waals surface area contributed by atoms with Crippen molar-refractivity contribution in [2.24, 2.45) is 5.73 Å². The average molecular weight is 544 g/mol. The summed E-state index contributed by atoms with van der Waals surface area (Å²) in [5.41, 5.74) is -0.789. The lowest BCUT2D eigenvalue weighted by Crippen LogP contribution is -2.29. The van der Waals surface area contributed by atoms with Crippen molar-refractivity contribution < 1.29 is 31.2 Å². The Labute approximate surface area is 206 Å². The molecule has 2 aromatic heterocycles. The fourth-order valence-corrected chi connectivity index (χ4v) is 4.36. The summed E-state index contributed by atoms with van der Waals surface area (Å²) in [4.78, 5) is 35.5. The number of alkyl halides is 3. The molecule has 11 nitrogen and oxygen atoms in total. The van der Waals surface area contributed by atoms with E-state index in [1.165, 1.54) is 17.7 Å². The molecule has 3 N–H and O–H groups in total. The van der Waals surface area contributed by atoms with Gasteiger partial charge in [-0.3, -0.25) is 9.59 Å². The minimum Gasteiger partial charge on any atom is -0.364 e. The number of nitrogens with two attached hydrogens (primary N) is 1. The Hall–Kier alpha value is -3.59. The first kappa shape index (κ1) is 25.5. The Kier molecular flexibility index (Phi) is 6.47. The lowest BCUT2D eigenvalue weighted by Gasteiger charge is -2.15. The van der Waals surface area contributed by atoms with Gasteiger partial charge in [0.2, 0.25) is 0 Å². The molecule has 36 heavy (non-hydrogen) atoms. The molecule has 190 valence electrons. The van der Waals surface area contributed by atoms with Crippen molar-refractivity contribution in [2.45, 2.75) is 42.1 Å². The smallest absolute Gasteiger partial charge is 0.364 e. The monoisotopic (exact) mass is 543 g/mol. The summed E-state index contributed by atoms with van der Waals surface area (Å²) >= 11 is 5.80. The van der Waals surface area contributed by atoms with Gasteiger partial charge in [-0.2, -0.15) is 17.9 Å². The highest BCUT2D eigenvalue weighted by Crippen LogP contribution is 2.39. The second kappa shape index (κ2) is 9.13. The molecule has 0 unspecified atom stereocenters. The Morgan fingerprint density at radius 1 is 1.19 bits per heavy atom. The molecule has 1 aliphatic rings. The summed E-state index contributed by atoms with van der Waals surface area (Å²) in [5.74, 6) is -0.776. The molecule has 1 fully saturated rings. The molecule has 1 atom stereocenters. The number of hydrogen-bond donors (Lipinski definition) is 2. The van der Waals surface area contributed by atoms with Gasteiger partial charge in [0.15, 0.2) is 17.5 Å². The van der Waals surface area contributed by atoms with Crippen LogP contribution in [0.4, 0.5) is 13.2 Å². The molecule has 1 aromatic carbocycles. The van der Waals surface area contributed by atoms with Gasteiger partial charge in [0.1, 0.15) is 12.0 Å². The van der Waals surface area contributed by atoms with Crippen LogP contribution >= 0.6 is 11.6 Å². The van der Waals surface area contributed by atoms with Crippen LogP contribution in [0.2, 0.25) is 5.02 Å². The highest BCUT2D eigenvalue weighted by Gasteiger charge is 2.47. The van der Waals surface area contributed by atoms with Crippen molar-refractivity contribution in [1.82, 2.24) is 30.0 Å². The van der Waals surface area contributed by atoms with Crippen molar-refractivity contribution in [1.29, 1.82) is 0 Å². The summed E-state index contributed by atoms with van der Waals surface area (Å²) < 4.78 is 63.8. The maximum Gasteiger partial charge on any atom is 0.501 e. The quantitative estimate of drug-likeness (QED) is 0.459. The van der Waals surface area contributed by atoms with Crippen LogP contribution in [-0.4, -0.2) is 50.5 Å². The fraction of sp³-hybridized carbons (Fsp3) is 0.300. The number of carbonyl (C=O) groups is 2. The molecular weight excluding hydrogens is 527 g/mol. The van der Waals surface area contributed by atoms with Gasteiger partial charge in [0, 0.05) is 22.6 Å². The third-order valence-corrected chi connectivity index (χ3v) is 6.88. The molecule has 0 bridgehead atoms. The van der Waals surface area contributed by atoms with Crippen LogP contribution in [0.1, 0.15) is 64.2 Å². The molecule has 0 aliphatic heterocycles. The number of rotatable bonds is 7. The molecule has 16 heteroatoms. The summed E-state index contributed by atoms with van der Waals surface area (Å²) in [6, 6.07) is 2.63. The van der Waals surface area contributed by atoms with Crippen LogP contribution in [0.15, 0.2) is 35.5 Å². The van der Waals surface area contributed by atoms with Gasteiger partial charge in [0.05, 0.1) is 10.9 Å². The van der Waals surface area contributed by atoms with Crippen LogP contribution in [0.25, 0.3) is 5.82 Å². The van der Waals surface area contributed by atoms with Gasteiger partial charge in [-0.05, 0) is 38.0 Å². The third-order valence-electron chi connectivity index (χ3n) is 5.20. The van der Waals surface area contributed by atoms with E-state index in [0.717, 1.165) is 25.2 Å². The number of nitrogens with zero attached hydrogens (tertiary/aromatic N) is 5. The van der Waals surface area contributed by atoms with Crippen LogP contribution in [0, 0.1) is 0 Å². The molecule has 1 saturated carbocycles. The van der Waals surface area contributed by atoms with E-state index in [1.807, 2.05) is 0 Å². The number of carbonyl (C=O) groups excluding carboxylic acids is 2. The van der Waals surface area contributed by atoms with Gasteiger partial charge in [-0.15, -0.1) is 5.10 Å². The van der Waals surface area contributed by atoms with E-state index in [1.54, 1.807) is 0 Å². The zero-order valence-electron chi connectivity index (χ0n) is 18.3. The van der Waals surface area contributed by atoms with Crippen LogP contribution in [0.3, 0.4) is 0 Å². The number of hydrogen-bond acceptors (Lipinski definition) is 8. The first-order valence-corrected chi connectivity index (χ1v) is 12.2. The van der Waals surface area contributed by atoms with Gasteiger partial charge >= 0.3 is 5.51 Å². The van der Waals surface area contributed by atoms with E-state index in [0.29, 0.717) is 18.0 Å². The van der Waals surface area contributed by atoms with E-state index in [4.69, 9.17) is 17.3 Å². The summed E-state index contributed by atoms with van der Waals surface area (Å²) in [6.07, 6.45) is 2.83. The molecule has 0 saturated heterocycles. The maximum atomic E-state index is 13.0. The van der Waals surface area contributed by atoms with Gasteiger partial charge in [-0.25, -0.2) is 23.4 Å². The zero-order valence-corrected chi connectivity index (χ0v) is 19.9. The SMILES string of the molecule is C[C@H](NC(=O)c1cc(Cl)cc(S(=O)(=O)C(F)(F)F)c1)c1nc(C2CC2)nn1-c1cc(C(N)=O)ncn1. The number of aromatic nitrogens is 5. The lowest BCUT2D eigenvalue weighted by atomic mass is 10.2. The Bertz CT molecular complexity index is 1470. The number of primary amides is 1. The molecule has 0 radical (unpaired) electrons. The molecule has 2 amide bonds. The summed E-state index contributed by atoms with van der Waals surface area (Å²) in [6.45, 7) is 1.53. The molecule has 4 rings (SSSR count). The fourth-order valence-electron chi connectivity index (χ4n) is 3.23. The van der Waals surface area contributed by atoms with E-state index >= 15 is 0 Å². The van der Waals surface area contributed by atoms with Crippen molar-refractivity contribution >= 4 is 33.3 Å². The topological polar surface area (TPSA) is 163 Å². The van der Waals surface area contributed by atoms with Crippen LogP contribution in [-0.2, 0) is 9.84 Å². The van der Waals surface area contributed by atoms with Crippen molar-refractivity contribution in [3.8, 4) is 5.82 Å². The average Bonchev–Trinajstić information content (AvgIpc) is 3.55. The molecule has 2 heterocycles. The first-order chi connectivity index (χ1) is 16.8. The van der Waals surface area contributed by atoms with E-state index in [-0.39, 0.29) is 28.3 Å². The number of halogens is 4. The molecule has 1 aliphatic carbocycles. The van der Waals surface area contributed by atoms with Gasteiger partial charge in [0.25, 0.3) is 21.7 Å². The van der Waals surface area contributed by atoms with E-state index in [2.05, 4.69) is 25.4 Å². The lowest BCUT2D eigenvalue weighted by molar-refractivity contribution is -0.0436. The van der Waals surface area contributed by atoms with Crippen molar-refractivity contribution in [3.05, 3.63) is 58.5 Å². The predicted octanol–water partition coefficient (Wildman–Crippen LogP) is 2.47. The second-order valence-electron chi connectivity index (χ2n) is 7.96. The van der Waals surface area contributed by atoms with E-state index in [9.17, 15) is 31.2 Å². The minimum atomic E-state index is -5.73. The summed E-state index contributed by atoms with van der Waals surface area (Å²) in [7, 11) is -5.73. The molecular formula is C20H17ClF3N7O4S. The largest absolute Gasteiger partial charge is 0.501 e. The maximum absolute atomic E-state index is 13.0. The van der Waals surface area contributed by atoms with E-state index < -0.39 is 43.7 Å². The number of amides is 2. The Morgan fingerprint density at radius 3 is 2.50 bits per heavy atom. The normalized spacial score (nSPS) is 14.9. The standard InChI is InChI=1S/C20H17ClF3N7O4S/c1-9(28-19(33)11-4-12(21)6-13(5-11)36(34,35)20(22,23)24)18-29-17(10-2-3-10)30-31(18)15-7-14(16(25)32)26-8-27-15/h4-10H,2-3H2,1H3,(H2,25,32)(H,28,33)/t9-/m0/s1. The second-order valence-corrected chi connectivity index (χ2v) is 10.3.